The number of benzene rings is 1. The lowest BCUT2D eigenvalue weighted by molar-refractivity contribution is 0.102. The molecule has 0 fully saturated rings. The zero-order valence-corrected chi connectivity index (χ0v) is 11.0. The highest BCUT2D eigenvalue weighted by Crippen LogP contribution is 2.17. The largest absolute Gasteiger partial charge is 0.357 e. The van der Waals surface area contributed by atoms with Crippen molar-refractivity contribution in [2.24, 2.45) is 0 Å². The number of fused-ring (bicyclic) bond motifs is 5. The highest BCUT2D eigenvalue weighted by Gasteiger charge is 2.18. The van der Waals surface area contributed by atoms with Crippen LogP contribution in [-0.2, 0) is 0 Å². The Labute approximate surface area is 121 Å². The first kappa shape index (κ1) is 11.8. The van der Waals surface area contributed by atoms with Crippen molar-refractivity contribution in [1.29, 1.82) is 0 Å². The number of hydrogen-bond donors (Lipinski definition) is 1. The molecule has 7 heteroatoms. The molecule has 6 nitrogen and oxygen atoms in total. The Morgan fingerprint density at radius 3 is 2.95 bits per heavy atom. The van der Waals surface area contributed by atoms with Crippen LogP contribution in [0, 0.1) is 0 Å². The van der Waals surface area contributed by atoms with E-state index in [-0.39, 0.29) is 5.91 Å². The summed E-state index contributed by atoms with van der Waals surface area (Å²) in [5, 5.41) is 10.9. The second-order valence-corrected chi connectivity index (χ2v) is 4.80. The van der Waals surface area contributed by atoms with Gasteiger partial charge in [0.25, 0.3) is 13.3 Å². The van der Waals surface area contributed by atoms with Crippen LogP contribution in [0.3, 0.4) is 0 Å². The number of hydrogen-bond acceptors (Lipinski definition) is 4. The summed E-state index contributed by atoms with van der Waals surface area (Å²) < 4.78 is 1.89. The minimum Gasteiger partial charge on any atom is -0.357 e. The van der Waals surface area contributed by atoms with Crippen LogP contribution >= 0.6 is 0 Å². The van der Waals surface area contributed by atoms with E-state index >= 15 is 0 Å². The summed E-state index contributed by atoms with van der Waals surface area (Å²) in [5.41, 5.74) is 2.23. The molecule has 0 atom stereocenters. The first-order valence-corrected chi connectivity index (χ1v) is 6.56. The lowest BCUT2D eigenvalue weighted by atomic mass is 9.78. The van der Waals surface area contributed by atoms with Gasteiger partial charge in [-0.05, 0) is 23.7 Å². The molecule has 21 heavy (non-hydrogen) atoms. The fourth-order valence-electron chi connectivity index (χ4n) is 2.44. The third-order valence-electron chi connectivity index (χ3n) is 3.44. The Hall–Kier alpha value is -2.96. The molecule has 0 unspecified atom stereocenters. The van der Waals surface area contributed by atoms with Crippen molar-refractivity contribution < 1.29 is 4.79 Å². The highest BCUT2D eigenvalue weighted by atomic mass is 16.1. The predicted octanol–water partition coefficient (Wildman–Crippen LogP) is 0.431. The van der Waals surface area contributed by atoms with E-state index in [4.69, 9.17) is 0 Å². The highest BCUT2D eigenvalue weighted by molar-refractivity contribution is 6.54. The van der Waals surface area contributed by atoms with Gasteiger partial charge >= 0.3 is 0 Å². The molecule has 1 amide bonds. The number of rotatable bonds is 0. The van der Waals surface area contributed by atoms with Gasteiger partial charge in [-0.1, -0.05) is 24.3 Å². The van der Waals surface area contributed by atoms with E-state index in [0.717, 1.165) is 5.46 Å². The number of aromatic nitrogens is 4. The smallest absolute Gasteiger partial charge is 0.279 e. The number of pyridine rings is 1. The van der Waals surface area contributed by atoms with Gasteiger partial charge in [0.05, 0.1) is 0 Å². The summed E-state index contributed by atoms with van der Waals surface area (Å²) in [4.78, 5) is 16.8. The summed E-state index contributed by atoms with van der Waals surface area (Å²) in [7, 11) is 0.526. The van der Waals surface area contributed by atoms with E-state index in [1.54, 1.807) is 18.5 Å². The first-order chi connectivity index (χ1) is 10.3. The molecular formula is C14H10BN5O. The van der Waals surface area contributed by atoms with Crippen molar-refractivity contribution in [1.82, 2.24) is 19.7 Å². The molecular weight excluding hydrogens is 265 g/mol. The van der Waals surface area contributed by atoms with Crippen molar-refractivity contribution in [3.05, 3.63) is 54.4 Å². The van der Waals surface area contributed by atoms with Gasteiger partial charge in [0.2, 0.25) is 0 Å². The molecule has 0 saturated heterocycles. The average molecular weight is 275 g/mol. The second kappa shape index (κ2) is 4.55. The standard InChI is InChI=1S/C14H10BN5O/c21-14-9-4-1-2-5-10(9)15-20-8-16-19-13(20)11-6-3-7-12(17-11)18-14/h1-8,15H,(H,17,18,21). The van der Waals surface area contributed by atoms with Crippen molar-refractivity contribution in [2.75, 3.05) is 5.32 Å². The maximum atomic E-state index is 12.4. The zero-order valence-electron chi connectivity index (χ0n) is 11.0. The fourth-order valence-corrected chi connectivity index (χ4v) is 2.44. The Morgan fingerprint density at radius 1 is 1.10 bits per heavy atom. The molecule has 0 aliphatic carbocycles. The van der Waals surface area contributed by atoms with Gasteiger partial charge in [-0.2, -0.15) is 0 Å². The van der Waals surface area contributed by atoms with Crippen molar-refractivity contribution in [2.45, 2.75) is 0 Å². The monoisotopic (exact) mass is 275 g/mol. The molecule has 3 aromatic rings. The number of carbonyl (C=O) groups is 1. The SMILES string of the molecule is O=C1Nc2cccc(n2)-c2nncn2Bc2ccccc21. The Kier molecular flexibility index (Phi) is 2.57. The lowest BCUT2D eigenvalue weighted by Crippen LogP contribution is -2.31. The maximum Gasteiger partial charge on any atom is 0.279 e. The van der Waals surface area contributed by atoms with Crippen molar-refractivity contribution in [3.63, 3.8) is 0 Å². The third kappa shape index (κ3) is 1.99. The number of nitrogens with one attached hydrogen (secondary N) is 1. The molecule has 1 aliphatic heterocycles. The third-order valence-corrected chi connectivity index (χ3v) is 3.44. The van der Waals surface area contributed by atoms with E-state index in [1.165, 1.54) is 0 Å². The van der Waals surface area contributed by atoms with Crippen LogP contribution in [0.2, 0.25) is 0 Å². The number of carbonyl (C=O) groups excluding carboxylic acids is 1. The summed E-state index contributed by atoms with van der Waals surface area (Å²) in [6.45, 7) is 0. The van der Waals surface area contributed by atoms with E-state index in [2.05, 4.69) is 20.5 Å². The van der Waals surface area contributed by atoms with Gasteiger partial charge in [0.1, 0.15) is 17.8 Å². The van der Waals surface area contributed by atoms with Crippen LogP contribution in [0.15, 0.2) is 48.8 Å². The Morgan fingerprint density at radius 2 is 2.00 bits per heavy atom. The van der Waals surface area contributed by atoms with E-state index in [0.29, 0.717) is 30.3 Å². The minimum atomic E-state index is -0.160. The fraction of sp³-hybridized carbons (Fsp3) is 0. The molecule has 0 saturated carbocycles. The van der Waals surface area contributed by atoms with Gasteiger partial charge in [-0.15, -0.1) is 10.2 Å². The van der Waals surface area contributed by atoms with Crippen LogP contribution < -0.4 is 10.8 Å². The molecule has 1 N–H and O–H groups in total. The lowest BCUT2D eigenvalue weighted by Gasteiger charge is -2.13. The Bertz CT molecular complexity index is 845. The van der Waals surface area contributed by atoms with Crippen LogP contribution in [-0.4, -0.2) is 33.0 Å². The summed E-state index contributed by atoms with van der Waals surface area (Å²) >= 11 is 0. The molecule has 4 rings (SSSR count). The predicted molar refractivity (Wildman–Crippen MR) is 79.8 cm³/mol. The molecule has 2 aromatic heterocycles. The molecule has 1 aliphatic rings. The molecule has 100 valence electrons. The topological polar surface area (TPSA) is 72.7 Å². The van der Waals surface area contributed by atoms with Crippen LogP contribution in [0.4, 0.5) is 5.82 Å². The molecule has 0 radical (unpaired) electrons. The number of amides is 1. The van der Waals surface area contributed by atoms with Crippen molar-refractivity contribution >= 4 is 24.6 Å². The Balaban J connectivity index is 1.96. The summed E-state index contributed by atoms with van der Waals surface area (Å²) in [6.07, 6.45) is 1.65. The summed E-state index contributed by atoms with van der Waals surface area (Å²) in [5.74, 6) is 1.03. The van der Waals surface area contributed by atoms with Gasteiger partial charge in [0, 0.05) is 5.56 Å². The molecule has 3 heterocycles. The normalized spacial score (nSPS) is 12.7. The van der Waals surface area contributed by atoms with Crippen molar-refractivity contribution in [3.8, 4) is 11.5 Å². The average Bonchev–Trinajstić information content (AvgIpc) is 2.95. The van der Waals surface area contributed by atoms with Gasteiger partial charge in [0.15, 0.2) is 5.82 Å². The maximum absolute atomic E-state index is 12.4. The van der Waals surface area contributed by atoms with Gasteiger partial charge < -0.3 is 9.79 Å². The van der Waals surface area contributed by atoms with E-state index in [1.807, 2.05) is 34.8 Å². The number of nitrogens with zero attached hydrogens (tertiary/aromatic N) is 4. The van der Waals surface area contributed by atoms with Crippen LogP contribution in [0.1, 0.15) is 10.4 Å². The quantitative estimate of drug-likeness (QED) is 0.604. The first-order valence-electron chi connectivity index (χ1n) is 6.56. The minimum absolute atomic E-state index is 0.160. The molecule has 2 bridgehead atoms. The van der Waals surface area contributed by atoms with Gasteiger partial charge in [-0.3, -0.25) is 4.79 Å². The summed E-state index contributed by atoms with van der Waals surface area (Å²) in [6, 6.07) is 12.9. The number of anilines is 1. The van der Waals surface area contributed by atoms with Crippen LogP contribution in [0.5, 0.6) is 0 Å². The van der Waals surface area contributed by atoms with Crippen LogP contribution in [0.25, 0.3) is 11.5 Å². The van der Waals surface area contributed by atoms with E-state index in [9.17, 15) is 4.79 Å². The van der Waals surface area contributed by atoms with E-state index < -0.39 is 0 Å². The second-order valence-electron chi connectivity index (χ2n) is 4.80. The van der Waals surface area contributed by atoms with Gasteiger partial charge in [-0.25, -0.2) is 4.98 Å². The zero-order chi connectivity index (χ0) is 14.2. The molecule has 1 aromatic carbocycles. The molecule has 0 spiro atoms.